The number of aromatic nitrogens is 1. The molecule has 2 aromatic rings. The Kier molecular flexibility index (Phi) is 8.20. The summed E-state index contributed by atoms with van der Waals surface area (Å²) in [6.45, 7) is 1.000. The first-order valence-corrected chi connectivity index (χ1v) is 11.7. The van der Waals surface area contributed by atoms with Crippen molar-refractivity contribution in [2.45, 2.75) is 6.92 Å². The van der Waals surface area contributed by atoms with E-state index in [1.54, 1.807) is 31.2 Å². The van der Waals surface area contributed by atoms with Crippen LogP contribution in [0, 0.1) is 0 Å². The zero-order valence-electron chi connectivity index (χ0n) is 17.8. The van der Waals surface area contributed by atoms with Crippen molar-refractivity contribution in [3.8, 4) is 5.75 Å². The van der Waals surface area contributed by atoms with Crippen LogP contribution in [0.15, 0.2) is 34.6 Å². The van der Waals surface area contributed by atoms with Crippen LogP contribution in [0.5, 0.6) is 5.75 Å². The van der Waals surface area contributed by atoms with Crippen LogP contribution >= 0.6 is 35.3 Å². The van der Waals surface area contributed by atoms with Gasteiger partial charge in [0.05, 0.1) is 24.3 Å². The molecule has 2 heterocycles. The fraction of sp³-hybridized carbons (Fsp3) is 0.200. The Balaban J connectivity index is 1.83. The predicted molar refractivity (Wildman–Crippen MR) is 131 cm³/mol. The number of thiazole rings is 1. The quantitative estimate of drug-likeness (QED) is 0.268. The summed E-state index contributed by atoms with van der Waals surface area (Å²) in [6.07, 6.45) is 0. The van der Waals surface area contributed by atoms with Gasteiger partial charge in [0.15, 0.2) is 5.13 Å². The van der Waals surface area contributed by atoms with Gasteiger partial charge in [-0.2, -0.15) is 0 Å². The molecule has 3 N–H and O–H groups in total. The van der Waals surface area contributed by atoms with Gasteiger partial charge in [0.1, 0.15) is 22.2 Å². The fourth-order valence-electron chi connectivity index (χ4n) is 2.72. The normalized spacial score (nSPS) is 14.6. The molecule has 0 radical (unpaired) electrons. The third-order valence-electron chi connectivity index (χ3n) is 4.18. The second-order valence-corrected chi connectivity index (χ2v) is 8.93. The van der Waals surface area contributed by atoms with Crippen molar-refractivity contribution in [3.63, 3.8) is 0 Å². The molecule has 1 aromatic heterocycles. The van der Waals surface area contributed by atoms with Crippen molar-refractivity contribution < 1.29 is 33.8 Å². The van der Waals surface area contributed by atoms with Crippen molar-refractivity contribution in [3.05, 3.63) is 40.2 Å². The Bertz CT molecular complexity index is 1180. The number of esters is 1. The smallest absolute Gasteiger partial charge is 0.341 e. The molecule has 1 fully saturated rings. The first-order valence-electron chi connectivity index (χ1n) is 9.58. The molecule has 11 nitrogen and oxygen atoms in total. The molecule has 178 valence electrons. The summed E-state index contributed by atoms with van der Waals surface area (Å²) in [5.74, 6) is -2.17. The Hall–Kier alpha value is -3.49. The number of methoxy groups -OCH3 is 1. The molecule has 1 aliphatic heterocycles. The van der Waals surface area contributed by atoms with Crippen molar-refractivity contribution in [1.29, 1.82) is 0 Å². The highest BCUT2D eigenvalue weighted by molar-refractivity contribution is 8.26. The molecule has 0 atom stereocenters. The van der Waals surface area contributed by atoms with Crippen LogP contribution in [0.1, 0.15) is 12.6 Å². The summed E-state index contributed by atoms with van der Waals surface area (Å²) in [6, 6.07) is 6.11. The van der Waals surface area contributed by atoms with Crippen molar-refractivity contribution in [2.24, 2.45) is 0 Å². The van der Waals surface area contributed by atoms with E-state index < -0.39 is 30.4 Å². The second kappa shape index (κ2) is 11.1. The van der Waals surface area contributed by atoms with Crippen molar-refractivity contribution in [2.75, 3.05) is 30.9 Å². The number of nitrogens with one attached hydrogen (secondary N) is 2. The molecular formula is C20H18N4O7S3. The number of anilines is 2. The average molecular weight is 523 g/mol. The number of aliphatic carboxylic acids is 1. The minimum Gasteiger partial charge on any atom is -0.497 e. The summed E-state index contributed by atoms with van der Waals surface area (Å²) in [5.41, 5.74) is 0.440. The molecule has 14 heteroatoms. The number of hydrogen-bond donors (Lipinski definition) is 3. The molecule has 1 saturated heterocycles. The molecule has 3 amide bonds. The molecule has 1 aromatic carbocycles. The number of benzene rings is 1. The van der Waals surface area contributed by atoms with Crippen LogP contribution < -0.4 is 15.4 Å². The number of carboxylic acid groups (broad SMARTS) is 1. The SMILES string of the molecule is CCOC(=O)C(=C1SC(=S)N(CC(=O)O)C1=O)c1csc(NC(=O)Nc2ccc(OC)cc2)n1. The largest absolute Gasteiger partial charge is 0.497 e. The number of carbonyl (C=O) groups excluding carboxylic acids is 3. The van der Waals surface area contributed by atoms with E-state index in [0.717, 1.165) is 28.0 Å². The number of carboxylic acids is 1. The second-order valence-electron chi connectivity index (χ2n) is 6.42. The maximum absolute atomic E-state index is 12.8. The van der Waals surface area contributed by atoms with Gasteiger partial charge in [-0.15, -0.1) is 11.3 Å². The first-order chi connectivity index (χ1) is 16.2. The summed E-state index contributed by atoms with van der Waals surface area (Å²) >= 11 is 6.91. The average Bonchev–Trinajstić information content (AvgIpc) is 3.34. The summed E-state index contributed by atoms with van der Waals surface area (Å²) in [7, 11) is 1.53. The minimum absolute atomic E-state index is 0.00311. The Morgan fingerprint density at radius 2 is 1.91 bits per heavy atom. The molecule has 1 aliphatic rings. The Morgan fingerprint density at radius 3 is 2.53 bits per heavy atom. The van der Waals surface area contributed by atoms with Crippen molar-refractivity contribution >= 4 is 79.9 Å². The number of nitrogens with zero attached hydrogens (tertiary/aromatic N) is 2. The highest BCUT2D eigenvalue weighted by Gasteiger charge is 2.38. The predicted octanol–water partition coefficient (Wildman–Crippen LogP) is 3.01. The highest BCUT2D eigenvalue weighted by atomic mass is 32.2. The topological polar surface area (TPSA) is 147 Å². The van der Waals surface area contributed by atoms with Gasteiger partial charge in [0.2, 0.25) is 0 Å². The van der Waals surface area contributed by atoms with Gasteiger partial charge in [-0.25, -0.2) is 14.6 Å². The van der Waals surface area contributed by atoms with Crippen LogP contribution in [0.3, 0.4) is 0 Å². The monoisotopic (exact) mass is 522 g/mol. The van der Waals surface area contributed by atoms with E-state index in [0.29, 0.717) is 11.4 Å². The maximum Gasteiger partial charge on any atom is 0.341 e. The van der Waals surface area contributed by atoms with Crippen LogP contribution in [0.2, 0.25) is 0 Å². The zero-order chi connectivity index (χ0) is 24.8. The molecule has 0 saturated carbocycles. The maximum atomic E-state index is 12.8. The van der Waals surface area contributed by atoms with Crippen LogP contribution in [0.25, 0.3) is 5.57 Å². The lowest BCUT2D eigenvalue weighted by molar-refractivity contribution is -0.140. The molecule has 0 bridgehead atoms. The lowest BCUT2D eigenvalue weighted by Crippen LogP contribution is -2.33. The molecule has 0 unspecified atom stereocenters. The van der Waals surface area contributed by atoms with Gasteiger partial charge in [-0.3, -0.25) is 19.8 Å². The summed E-state index contributed by atoms with van der Waals surface area (Å²) in [5, 5.41) is 15.8. The van der Waals surface area contributed by atoms with Crippen molar-refractivity contribution in [1.82, 2.24) is 9.88 Å². The number of hydrogen-bond acceptors (Lipinski definition) is 10. The number of amides is 3. The zero-order valence-corrected chi connectivity index (χ0v) is 20.3. The van der Waals surface area contributed by atoms with Crippen LogP contribution in [-0.2, 0) is 19.1 Å². The van der Waals surface area contributed by atoms with E-state index in [1.807, 2.05) is 0 Å². The fourth-order valence-corrected chi connectivity index (χ4v) is 4.73. The highest BCUT2D eigenvalue weighted by Crippen LogP contribution is 2.38. The van der Waals surface area contributed by atoms with Gasteiger partial charge in [-0.05, 0) is 31.2 Å². The van der Waals surface area contributed by atoms with Gasteiger partial charge in [0.25, 0.3) is 5.91 Å². The van der Waals surface area contributed by atoms with E-state index in [9.17, 15) is 19.2 Å². The van der Waals surface area contributed by atoms with Gasteiger partial charge in [0, 0.05) is 11.1 Å². The number of carbonyl (C=O) groups is 4. The van der Waals surface area contributed by atoms with Crippen LogP contribution in [-0.4, -0.2) is 63.4 Å². The molecule has 0 spiro atoms. The number of rotatable bonds is 8. The Labute approximate surface area is 207 Å². The van der Waals surface area contributed by atoms with E-state index in [2.05, 4.69) is 15.6 Å². The van der Waals surface area contributed by atoms with Crippen LogP contribution in [0.4, 0.5) is 15.6 Å². The molecule has 0 aliphatic carbocycles. The lowest BCUT2D eigenvalue weighted by atomic mass is 10.2. The number of ether oxygens (including phenoxy) is 2. The third kappa shape index (κ3) is 5.89. The van der Waals surface area contributed by atoms with Gasteiger partial charge >= 0.3 is 18.0 Å². The molecule has 34 heavy (non-hydrogen) atoms. The van der Waals surface area contributed by atoms with E-state index in [1.165, 1.54) is 12.5 Å². The standard InChI is InChI=1S/C20H18N4O7S3/c1-3-31-17(28)14(15-16(27)24(8-13(25)26)20(32)34-15)12-9-33-19(22-12)23-18(29)21-10-4-6-11(30-2)7-5-10/h4-7,9H,3,8H2,1-2H3,(H,25,26)(H2,21,22,23,29). The van der Waals surface area contributed by atoms with E-state index in [4.69, 9.17) is 26.8 Å². The molecular weight excluding hydrogens is 504 g/mol. The van der Waals surface area contributed by atoms with Gasteiger partial charge < -0.3 is 19.9 Å². The number of thiocarbonyl (C=S) groups is 1. The lowest BCUT2D eigenvalue weighted by Gasteiger charge is -2.11. The van der Waals surface area contributed by atoms with E-state index >= 15 is 0 Å². The summed E-state index contributed by atoms with van der Waals surface area (Å²) < 4.78 is 10.1. The third-order valence-corrected chi connectivity index (χ3v) is 6.38. The number of thioether (sulfide) groups is 1. The molecule has 3 rings (SSSR count). The number of urea groups is 1. The first kappa shape index (κ1) is 25.1. The minimum atomic E-state index is -1.25. The Morgan fingerprint density at radius 1 is 1.21 bits per heavy atom. The summed E-state index contributed by atoms with van der Waals surface area (Å²) in [4.78, 5) is 53.9. The van der Waals surface area contributed by atoms with Gasteiger partial charge in [-0.1, -0.05) is 24.0 Å². The van der Waals surface area contributed by atoms with E-state index in [-0.39, 0.29) is 32.2 Å².